The molecule has 1 fully saturated rings. The first-order valence-electron chi connectivity index (χ1n) is 11.1. The Kier molecular flexibility index (Phi) is 7.12. The third kappa shape index (κ3) is 6.16. The predicted molar refractivity (Wildman–Crippen MR) is 127 cm³/mol. The van der Waals surface area contributed by atoms with Gasteiger partial charge in [0.2, 0.25) is 11.8 Å². The van der Waals surface area contributed by atoms with E-state index in [1.54, 1.807) is 24.3 Å². The molecule has 1 heterocycles. The number of anilines is 1. The minimum absolute atomic E-state index is 0.0122. The predicted octanol–water partition coefficient (Wildman–Crippen LogP) is 1.80. The standard InChI is InChI=1S/C25H25N5O4/c31-22(15-30-16-28-21(14-23(30)32)17-4-2-1-3-5-17)26-12-13-27-24(33)18-8-10-20(11-9-18)29-25(34)19-6-7-19/h1-5,8-11,14,16,19H,6-7,12-13,15H2,(H,26,31)(H,27,33)(H,29,34). The Bertz CT molecular complexity index is 1230. The molecule has 0 atom stereocenters. The lowest BCUT2D eigenvalue weighted by atomic mass is 10.1. The molecule has 2 aromatic carbocycles. The number of carbonyl (C=O) groups excluding carboxylic acids is 3. The summed E-state index contributed by atoms with van der Waals surface area (Å²) in [7, 11) is 0. The van der Waals surface area contributed by atoms with Crippen molar-refractivity contribution in [3.05, 3.63) is 82.9 Å². The minimum Gasteiger partial charge on any atom is -0.353 e. The van der Waals surface area contributed by atoms with Gasteiger partial charge >= 0.3 is 0 Å². The lowest BCUT2D eigenvalue weighted by molar-refractivity contribution is -0.121. The quantitative estimate of drug-likeness (QED) is 0.421. The van der Waals surface area contributed by atoms with Gasteiger partial charge in [-0.25, -0.2) is 4.98 Å². The van der Waals surface area contributed by atoms with Crippen molar-refractivity contribution >= 4 is 23.4 Å². The fourth-order valence-electron chi connectivity index (χ4n) is 3.30. The number of nitrogens with zero attached hydrogens (tertiary/aromatic N) is 2. The maximum Gasteiger partial charge on any atom is 0.254 e. The highest BCUT2D eigenvalue weighted by Crippen LogP contribution is 2.30. The van der Waals surface area contributed by atoms with E-state index in [9.17, 15) is 19.2 Å². The maximum absolute atomic E-state index is 12.3. The largest absolute Gasteiger partial charge is 0.353 e. The molecule has 3 N–H and O–H groups in total. The molecule has 1 aliphatic carbocycles. The average Bonchev–Trinajstić information content (AvgIpc) is 3.70. The van der Waals surface area contributed by atoms with Crippen molar-refractivity contribution in [1.29, 1.82) is 0 Å². The second kappa shape index (κ2) is 10.6. The number of benzene rings is 2. The summed E-state index contributed by atoms with van der Waals surface area (Å²) in [6.45, 7) is 0.276. The molecule has 3 aromatic rings. The second-order valence-corrected chi connectivity index (χ2v) is 8.05. The van der Waals surface area contributed by atoms with E-state index in [4.69, 9.17) is 0 Å². The van der Waals surface area contributed by atoms with Gasteiger partial charge in [-0.2, -0.15) is 0 Å². The third-order valence-corrected chi connectivity index (χ3v) is 5.36. The minimum atomic E-state index is -0.360. The molecule has 9 heteroatoms. The lowest BCUT2D eigenvalue weighted by Crippen LogP contribution is -2.37. The zero-order valence-electron chi connectivity index (χ0n) is 18.5. The summed E-state index contributed by atoms with van der Waals surface area (Å²) < 4.78 is 1.23. The van der Waals surface area contributed by atoms with Gasteiger partial charge in [-0.15, -0.1) is 0 Å². The molecule has 1 saturated carbocycles. The average molecular weight is 460 g/mol. The van der Waals surface area contributed by atoms with Crippen LogP contribution in [-0.4, -0.2) is 40.4 Å². The Labute approximate surface area is 196 Å². The van der Waals surface area contributed by atoms with Crippen molar-refractivity contribution < 1.29 is 14.4 Å². The van der Waals surface area contributed by atoms with Crippen LogP contribution in [0, 0.1) is 5.92 Å². The van der Waals surface area contributed by atoms with Gasteiger partial charge in [0.05, 0.1) is 12.0 Å². The number of carbonyl (C=O) groups is 3. The van der Waals surface area contributed by atoms with E-state index in [1.807, 2.05) is 30.3 Å². The fourth-order valence-corrected chi connectivity index (χ4v) is 3.30. The highest BCUT2D eigenvalue weighted by molar-refractivity contribution is 5.96. The van der Waals surface area contributed by atoms with Crippen LogP contribution in [0.25, 0.3) is 11.3 Å². The lowest BCUT2D eigenvalue weighted by Gasteiger charge is -2.09. The maximum atomic E-state index is 12.3. The first-order valence-corrected chi connectivity index (χ1v) is 11.1. The Hall–Kier alpha value is -4.27. The molecular formula is C25H25N5O4. The monoisotopic (exact) mass is 459 g/mol. The molecule has 3 amide bonds. The van der Waals surface area contributed by atoms with E-state index in [-0.39, 0.29) is 48.8 Å². The van der Waals surface area contributed by atoms with Crippen LogP contribution in [0.3, 0.4) is 0 Å². The normalized spacial score (nSPS) is 12.6. The van der Waals surface area contributed by atoms with E-state index in [0.717, 1.165) is 18.4 Å². The number of hydrogen-bond acceptors (Lipinski definition) is 5. The van der Waals surface area contributed by atoms with Crippen LogP contribution in [-0.2, 0) is 16.1 Å². The van der Waals surface area contributed by atoms with Crippen LogP contribution < -0.4 is 21.5 Å². The van der Waals surface area contributed by atoms with Gasteiger partial charge in [-0.05, 0) is 37.1 Å². The summed E-state index contributed by atoms with van der Waals surface area (Å²) >= 11 is 0. The van der Waals surface area contributed by atoms with Crippen molar-refractivity contribution in [2.75, 3.05) is 18.4 Å². The van der Waals surface area contributed by atoms with Gasteiger partial charge in [-0.1, -0.05) is 30.3 Å². The number of nitrogens with one attached hydrogen (secondary N) is 3. The fraction of sp³-hybridized carbons (Fsp3) is 0.240. The Morgan fingerprint density at radius 1 is 0.941 bits per heavy atom. The Morgan fingerprint density at radius 2 is 1.65 bits per heavy atom. The zero-order chi connectivity index (χ0) is 23.9. The summed E-state index contributed by atoms with van der Waals surface area (Å²) in [6, 6.07) is 17.3. The van der Waals surface area contributed by atoms with E-state index < -0.39 is 0 Å². The van der Waals surface area contributed by atoms with Crippen molar-refractivity contribution in [3.63, 3.8) is 0 Å². The molecule has 0 spiro atoms. The molecule has 1 aromatic heterocycles. The van der Waals surface area contributed by atoms with Gasteiger partial charge in [0, 0.05) is 41.9 Å². The summed E-state index contributed by atoms with van der Waals surface area (Å²) in [5.74, 6) is -0.521. The van der Waals surface area contributed by atoms with Crippen molar-refractivity contribution in [3.8, 4) is 11.3 Å². The molecule has 4 rings (SSSR count). The van der Waals surface area contributed by atoms with Gasteiger partial charge in [0.1, 0.15) is 6.54 Å². The highest BCUT2D eigenvalue weighted by Gasteiger charge is 2.29. The highest BCUT2D eigenvalue weighted by atomic mass is 16.2. The number of aromatic nitrogens is 2. The third-order valence-electron chi connectivity index (χ3n) is 5.36. The molecule has 0 unspecified atom stereocenters. The smallest absolute Gasteiger partial charge is 0.254 e. The summed E-state index contributed by atoms with van der Waals surface area (Å²) in [5.41, 5.74) is 2.15. The Balaban J connectivity index is 1.19. The number of amides is 3. The van der Waals surface area contributed by atoms with Crippen molar-refractivity contribution in [2.24, 2.45) is 5.92 Å². The van der Waals surface area contributed by atoms with Crippen LogP contribution in [0.1, 0.15) is 23.2 Å². The molecule has 0 saturated heterocycles. The molecule has 174 valence electrons. The zero-order valence-corrected chi connectivity index (χ0v) is 18.5. The summed E-state index contributed by atoms with van der Waals surface area (Å²) in [4.78, 5) is 52.8. The summed E-state index contributed by atoms with van der Waals surface area (Å²) in [5, 5.41) is 8.21. The van der Waals surface area contributed by atoms with Crippen LogP contribution in [0.15, 0.2) is 71.8 Å². The first kappa shape index (κ1) is 22.9. The van der Waals surface area contributed by atoms with Crippen LogP contribution in [0.2, 0.25) is 0 Å². The van der Waals surface area contributed by atoms with Crippen molar-refractivity contribution in [2.45, 2.75) is 19.4 Å². The van der Waals surface area contributed by atoms with Gasteiger partial charge in [0.25, 0.3) is 11.5 Å². The van der Waals surface area contributed by atoms with Crippen LogP contribution in [0.4, 0.5) is 5.69 Å². The first-order chi connectivity index (χ1) is 16.5. The van der Waals surface area contributed by atoms with Gasteiger partial charge in [0.15, 0.2) is 0 Å². The number of hydrogen-bond donors (Lipinski definition) is 3. The van der Waals surface area contributed by atoms with Gasteiger partial charge < -0.3 is 16.0 Å². The van der Waals surface area contributed by atoms with E-state index >= 15 is 0 Å². The van der Waals surface area contributed by atoms with E-state index in [2.05, 4.69) is 20.9 Å². The molecule has 0 bridgehead atoms. The Morgan fingerprint density at radius 3 is 2.32 bits per heavy atom. The molecule has 34 heavy (non-hydrogen) atoms. The molecule has 0 aliphatic heterocycles. The van der Waals surface area contributed by atoms with Crippen LogP contribution >= 0.6 is 0 Å². The van der Waals surface area contributed by atoms with Crippen LogP contribution in [0.5, 0.6) is 0 Å². The topological polar surface area (TPSA) is 122 Å². The molecular weight excluding hydrogens is 434 g/mol. The second-order valence-electron chi connectivity index (χ2n) is 8.05. The number of rotatable bonds is 9. The summed E-state index contributed by atoms with van der Waals surface area (Å²) in [6.07, 6.45) is 3.21. The van der Waals surface area contributed by atoms with E-state index in [0.29, 0.717) is 16.9 Å². The molecule has 9 nitrogen and oxygen atoms in total. The van der Waals surface area contributed by atoms with Gasteiger partial charge in [-0.3, -0.25) is 23.7 Å². The molecule has 1 aliphatic rings. The van der Waals surface area contributed by atoms with Crippen molar-refractivity contribution in [1.82, 2.24) is 20.2 Å². The SMILES string of the molecule is O=C(Cn1cnc(-c2ccccc2)cc1=O)NCCNC(=O)c1ccc(NC(=O)C2CC2)cc1. The van der Waals surface area contributed by atoms with E-state index in [1.165, 1.54) is 17.0 Å². The molecule has 0 radical (unpaired) electrons.